The van der Waals surface area contributed by atoms with Crippen molar-refractivity contribution in [3.63, 3.8) is 0 Å². The van der Waals surface area contributed by atoms with Gasteiger partial charge in [0.25, 0.3) is 0 Å². The largest absolute Gasteiger partial charge is 0.0805 e. The maximum Gasteiger partial charge on any atom is 0.0114 e. The van der Waals surface area contributed by atoms with Crippen LogP contribution in [0.15, 0.2) is 54.1 Å². The van der Waals surface area contributed by atoms with Gasteiger partial charge in [0.2, 0.25) is 0 Å². The van der Waals surface area contributed by atoms with Crippen molar-refractivity contribution in [3.05, 3.63) is 59.7 Å². The van der Waals surface area contributed by atoms with Gasteiger partial charge >= 0.3 is 0 Å². The summed E-state index contributed by atoms with van der Waals surface area (Å²) in [6, 6.07) is 11.2. The van der Waals surface area contributed by atoms with E-state index in [1.807, 2.05) is 13.8 Å². The fourth-order valence-corrected chi connectivity index (χ4v) is 4.26. The maximum absolute atomic E-state index is 2.59. The number of hydrogen-bond donors (Lipinski definition) is 0. The molecule has 0 saturated heterocycles. The van der Waals surface area contributed by atoms with Gasteiger partial charge in [-0.3, -0.25) is 0 Å². The Balaban J connectivity index is 0.000000693. The first-order valence-electron chi connectivity index (χ1n) is 9.37. The molecule has 3 aliphatic rings. The number of rotatable bonds is 3. The van der Waals surface area contributed by atoms with Gasteiger partial charge in [-0.1, -0.05) is 81.7 Å². The van der Waals surface area contributed by atoms with Crippen LogP contribution in [0.4, 0.5) is 0 Å². The highest BCUT2D eigenvalue weighted by atomic mass is 14.4. The van der Waals surface area contributed by atoms with Crippen molar-refractivity contribution >= 4 is 0 Å². The van der Waals surface area contributed by atoms with E-state index in [0.717, 1.165) is 17.8 Å². The first kappa shape index (κ1) is 15.6. The Labute approximate surface area is 136 Å². The monoisotopic (exact) mass is 294 g/mol. The molecule has 0 heterocycles. The lowest BCUT2D eigenvalue weighted by Crippen LogP contribution is -2.18. The molecule has 2 fully saturated rings. The van der Waals surface area contributed by atoms with Gasteiger partial charge < -0.3 is 0 Å². The average molecular weight is 294 g/mol. The Morgan fingerprint density at radius 2 is 1.64 bits per heavy atom. The van der Waals surface area contributed by atoms with Gasteiger partial charge in [0.1, 0.15) is 0 Å². The molecule has 118 valence electrons. The van der Waals surface area contributed by atoms with Gasteiger partial charge in [0.05, 0.1) is 0 Å². The van der Waals surface area contributed by atoms with Crippen molar-refractivity contribution in [2.75, 3.05) is 0 Å². The summed E-state index contributed by atoms with van der Waals surface area (Å²) >= 11 is 0. The van der Waals surface area contributed by atoms with Crippen LogP contribution in [0.1, 0.15) is 63.9 Å². The van der Waals surface area contributed by atoms with Crippen molar-refractivity contribution < 1.29 is 0 Å². The van der Waals surface area contributed by atoms with Crippen molar-refractivity contribution in [1.29, 1.82) is 0 Å². The van der Waals surface area contributed by atoms with E-state index in [9.17, 15) is 0 Å². The van der Waals surface area contributed by atoms with E-state index < -0.39 is 0 Å². The second-order valence-corrected chi connectivity index (χ2v) is 6.88. The number of allylic oxidation sites excluding steroid dienone is 4. The molecule has 1 aromatic rings. The van der Waals surface area contributed by atoms with E-state index in [4.69, 9.17) is 0 Å². The lowest BCUT2D eigenvalue weighted by Gasteiger charge is -2.32. The van der Waals surface area contributed by atoms with Crippen LogP contribution in [-0.2, 0) is 0 Å². The summed E-state index contributed by atoms with van der Waals surface area (Å²) in [7, 11) is 0. The Kier molecular flexibility index (Phi) is 5.18. The summed E-state index contributed by atoms with van der Waals surface area (Å²) in [6.45, 7) is 4.00. The minimum absolute atomic E-state index is 0.648. The molecule has 3 atom stereocenters. The molecule has 3 aliphatic carbocycles. The third kappa shape index (κ3) is 3.37. The van der Waals surface area contributed by atoms with Crippen LogP contribution in [0, 0.1) is 17.8 Å². The molecular weight excluding hydrogens is 264 g/mol. The van der Waals surface area contributed by atoms with E-state index in [1.165, 1.54) is 44.1 Å². The van der Waals surface area contributed by atoms with E-state index in [-0.39, 0.29) is 0 Å². The molecule has 0 aromatic heterocycles. The fourth-order valence-electron chi connectivity index (χ4n) is 4.26. The lowest BCUT2D eigenvalue weighted by molar-refractivity contribution is 0.326. The molecule has 0 heteroatoms. The summed E-state index contributed by atoms with van der Waals surface area (Å²) in [4.78, 5) is 0. The number of benzene rings is 1. The zero-order chi connectivity index (χ0) is 15.4. The SMILES string of the molecule is C1=CC2CC2C=C1C(c1ccccc1)C1CCCCC1.CC. The predicted molar refractivity (Wildman–Crippen MR) is 95.9 cm³/mol. The fraction of sp³-hybridized carbons (Fsp3) is 0.545. The quantitative estimate of drug-likeness (QED) is 0.596. The van der Waals surface area contributed by atoms with E-state index in [1.54, 1.807) is 5.57 Å². The molecule has 3 unspecified atom stereocenters. The van der Waals surface area contributed by atoms with Crippen LogP contribution >= 0.6 is 0 Å². The minimum atomic E-state index is 0.648. The summed E-state index contributed by atoms with van der Waals surface area (Å²) in [5.74, 6) is 3.25. The van der Waals surface area contributed by atoms with Crippen LogP contribution in [0.5, 0.6) is 0 Å². The van der Waals surface area contributed by atoms with E-state index in [0.29, 0.717) is 5.92 Å². The molecule has 0 aliphatic heterocycles. The predicted octanol–water partition coefficient (Wildman–Crippen LogP) is 6.51. The summed E-state index contributed by atoms with van der Waals surface area (Å²) in [6.07, 6.45) is 16.0. The molecule has 0 N–H and O–H groups in total. The van der Waals surface area contributed by atoms with Crippen LogP contribution in [0.3, 0.4) is 0 Å². The second-order valence-electron chi connectivity index (χ2n) is 6.88. The standard InChI is InChI=1S/C20H24.C2H6/c1-3-7-15(8-4-1)20(16-9-5-2-6-10-16)18-12-11-17-13-19(17)14-18;1-2/h1,3-4,7-8,11-12,14,16-17,19-20H,2,5-6,9-10,13H2;1-2H3. The zero-order valence-corrected chi connectivity index (χ0v) is 14.2. The highest BCUT2D eigenvalue weighted by Crippen LogP contribution is 2.49. The molecule has 0 spiro atoms. The van der Waals surface area contributed by atoms with Crippen LogP contribution in [0.2, 0.25) is 0 Å². The molecule has 2 saturated carbocycles. The molecule has 0 amide bonds. The Morgan fingerprint density at radius 1 is 0.909 bits per heavy atom. The van der Waals surface area contributed by atoms with E-state index in [2.05, 4.69) is 48.6 Å². The van der Waals surface area contributed by atoms with Gasteiger partial charge in [0, 0.05) is 5.92 Å². The summed E-state index contributed by atoms with van der Waals surface area (Å²) in [5, 5.41) is 0. The Bertz CT molecular complexity index is 516. The lowest BCUT2D eigenvalue weighted by atomic mass is 9.72. The van der Waals surface area contributed by atoms with Crippen molar-refractivity contribution in [3.8, 4) is 0 Å². The summed E-state index contributed by atoms with van der Waals surface area (Å²) < 4.78 is 0. The minimum Gasteiger partial charge on any atom is -0.0805 e. The average Bonchev–Trinajstić information content (AvgIpc) is 3.38. The highest BCUT2D eigenvalue weighted by molar-refractivity contribution is 5.40. The van der Waals surface area contributed by atoms with Crippen molar-refractivity contribution in [2.24, 2.45) is 17.8 Å². The van der Waals surface area contributed by atoms with Crippen LogP contribution < -0.4 is 0 Å². The third-order valence-corrected chi connectivity index (χ3v) is 5.47. The second kappa shape index (κ2) is 7.31. The van der Waals surface area contributed by atoms with Crippen molar-refractivity contribution in [2.45, 2.75) is 58.3 Å². The number of fused-ring (bicyclic) bond motifs is 1. The Morgan fingerprint density at radius 3 is 2.32 bits per heavy atom. The maximum atomic E-state index is 2.59. The third-order valence-electron chi connectivity index (χ3n) is 5.47. The van der Waals surface area contributed by atoms with Gasteiger partial charge in [0.15, 0.2) is 0 Å². The first-order valence-corrected chi connectivity index (χ1v) is 9.37. The molecule has 0 bridgehead atoms. The molecule has 4 rings (SSSR count). The van der Waals surface area contributed by atoms with Gasteiger partial charge in [-0.2, -0.15) is 0 Å². The van der Waals surface area contributed by atoms with E-state index >= 15 is 0 Å². The Hall–Kier alpha value is -1.30. The molecule has 0 radical (unpaired) electrons. The van der Waals surface area contributed by atoms with Crippen molar-refractivity contribution in [1.82, 2.24) is 0 Å². The molecular formula is C22H30. The van der Waals surface area contributed by atoms with Gasteiger partial charge in [-0.15, -0.1) is 0 Å². The normalized spacial score (nSPS) is 28.0. The number of hydrogen-bond acceptors (Lipinski definition) is 0. The zero-order valence-electron chi connectivity index (χ0n) is 14.2. The topological polar surface area (TPSA) is 0 Å². The molecule has 0 nitrogen and oxygen atoms in total. The first-order chi connectivity index (χ1) is 10.9. The highest BCUT2D eigenvalue weighted by Gasteiger charge is 2.37. The smallest absolute Gasteiger partial charge is 0.0114 e. The van der Waals surface area contributed by atoms with Gasteiger partial charge in [-0.05, 0) is 48.2 Å². The van der Waals surface area contributed by atoms with Gasteiger partial charge in [-0.25, -0.2) is 0 Å². The molecule has 1 aromatic carbocycles. The van der Waals surface area contributed by atoms with Crippen LogP contribution in [-0.4, -0.2) is 0 Å². The summed E-state index contributed by atoms with van der Waals surface area (Å²) in [5.41, 5.74) is 3.15. The molecule has 22 heavy (non-hydrogen) atoms. The van der Waals surface area contributed by atoms with Crippen LogP contribution in [0.25, 0.3) is 0 Å².